The van der Waals surface area contributed by atoms with Gasteiger partial charge in [0.25, 0.3) is 5.91 Å². The van der Waals surface area contributed by atoms with E-state index < -0.39 is 5.41 Å². The van der Waals surface area contributed by atoms with Crippen molar-refractivity contribution in [2.24, 2.45) is 5.41 Å². The zero-order chi connectivity index (χ0) is 23.3. The van der Waals surface area contributed by atoms with Gasteiger partial charge in [-0.15, -0.1) is 0 Å². The highest BCUT2D eigenvalue weighted by Gasteiger charge is 2.43. The lowest BCUT2D eigenvalue weighted by molar-refractivity contribution is -0.133. The number of benzene rings is 2. The van der Waals surface area contributed by atoms with Gasteiger partial charge in [-0.3, -0.25) is 14.6 Å². The molecule has 4 rings (SSSR count). The number of piperidine rings is 1. The van der Waals surface area contributed by atoms with Gasteiger partial charge in [0.05, 0.1) is 5.41 Å². The van der Waals surface area contributed by atoms with Crippen LogP contribution in [-0.4, -0.2) is 41.3 Å². The van der Waals surface area contributed by atoms with E-state index in [0.717, 1.165) is 24.0 Å². The highest BCUT2D eigenvalue weighted by Crippen LogP contribution is 2.35. The summed E-state index contributed by atoms with van der Waals surface area (Å²) in [6.45, 7) is 5.62. The second-order valence-corrected chi connectivity index (χ2v) is 8.92. The first kappa shape index (κ1) is 22.7. The summed E-state index contributed by atoms with van der Waals surface area (Å²) in [5, 5.41) is 3.03. The molecule has 0 bridgehead atoms. The van der Waals surface area contributed by atoms with Crippen molar-refractivity contribution in [1.29, 1.82) is 0 Å². The Bertz CT molecular complexity index is 1090. The average Bonchev–Trinajstić information content (AvgIpc) is 2.85. The van der Waals surface area contributed by atoms with Crippen molar-refractivity contribution in [3.63, 3.8) is 0 Å². The van der Waals surface area contributed by atoms with E-state index in [9.17, 15) is 9.59 Å². The fourth-order valence-corrected chi connectivity index (χ4v) is 4.67. The fourth-order valence-electron chi connectivity index (χ4n) is 4.67. The van der Waals surface area contributed by atoms with E-state index in [1.807, 2.05) is 13.0 Å². The summed E-state index contributed by atoms with van der Waals surface area (Å²) in [5.41, 5.74) is 4.44. The van der Waals surface area contributed by atoms with Gasteiger partial charge in [0, 0.05) is 25.8 Å². The third kappa shape index (κ3) is 5.14. The molecule has 1 aliphatic rings. The van der Waals surface area contributed by atoms with Gasteiger partial charge in [-0.25, -0.2) is 0 Å². The number of hydrogen-bond donors (Lipinski definition) is 1. The fraction of sp³-hybridized carbons (Fsp3) is 0.321. The second kappa shape index (κ2) is 9.99. The Balaban J connectivity index is 1.57. The summed E-state index contributed by atoms with van der Waals surface area (Å²) < 4.78 is 0. The van der Waals surface area contributed by atoms with Crippen molar-refractivity contribution in [3.8, 4) is 11.1 Å². The maximum atomic E-state index is 13.3. The van der Waals surface area contributed by atoms with E-state index in [1.165, 1.54) is 11.1 Å². The van der Waals surface area contributed by atoms with Crippen LogP contribution in [0.3, 0.4) is 0 Å². The predicted octanol–water partition coefficient (Wildman–Crippen LogP) is 4.66. The summed E-state index contributed by atoms with van der Waals surface area (Å²) >= 11 is 0. The van der Waals surface area contributed by atoms with E-state index in [2.05, 4.69) is 65.8 Å². The highest BCUT2D eigenvalue weighted by molar-refractivity contribution is 5.93. The van der Waals surface area contributed by atoms with Gasteiger partial charge in [-0.2, -0.15) is 0 Å². The minimum Gasteiger partial charge on any atom is -0.356 e. The Morgan fingerprint density at radius 3 is 2.33 bits per heavy atom. The highest BCUT2D eigenvalue weighted by atomic mass is 16.2. The lowest BCUT2D eigenvalue weighted by Gasteiger charge is -2.41. The van der Waals surface area contributed by atoms with Crippen LogP contribution in [0.5, 0.6) is 0 Å². The molecule has 1 aliphatic heterocycles. The van der Waals surface area contributed by atoms with E-state index in [1.54, 1.807) is 23.2 Å². The number of nitrogens with zero attached hydrogens (tertiary/aromatic N) is 2. The van der Waals surface area contributed by atoms with Gasteiger partial charge < -0.3 is 10.2 Å². The zero-order valence-electron chi connectivity index (χ0n) is 19.4. The standard InChI is InChI=1S/C28H31N3O2/c1-3-29-27(33)28(16-6-18-31(20-28)26(32)25-7-4-5-17-30-25)19-22-10-14-24(15-11-22)23-12-8-21(2)9-13-23/h4-5,7-15,17H,3,6,16,18-20H2,1-2H3,(H,29,33)/t28-/m0/s1. The van der Waals surface area contributed by atoms with Gasteiger partial charge in [0.1, 0.15) is 5.69 Å². The monoisotopic (exact) mass is 441 g/mol. The molecule has 0 saturated carbocycles. The lowest BCUT2D eigenvalue weighted by Crippen LogP contribution is -2.54. The molecule has 3 aromatic rings. The number of hydrogen-bond acceptors (Lipinski definition) is 3. The molecule has 0 unspecified atom stereocenters. The van der Waals surface area contributed by atoms with E-state index in [4.69, 9.17) is 0 Å². The average molecular weight is 442 g/mol. The normalized spacial score (nSPS) is 18.1. The number of nitrogens with one attached hydrogen (secondary N) is 1. The first-order valence-electron chi connectivity index (χ1n) is 11.7. The van der Waals surface area contributed by atoms with Crippen molar-refractivity contribution in [3.05, 3.63) is 89.7 Å². The maximum Gasteiger partial charge on any atom is 0.272 e. The van der Waals surface area contributed by atoms with Crippen LogP contribution in [0.15, 0.2) is 72.9 Å². The second-order valence-electron chi connectivity index (χ2n) is 8.92. The Labute approximate surface area is 195 Å². The van der Waals surface area contributed by atoms with Gasteiger partial charge in [0.2, 0.25) is 5.91 Å². The molecule has 0 aliphatic carbocycles. The number of likely N-dealkylation sites (tertiary alicyclic amines) is 1. The van der Waals surface area contributed by atoms with Crippen LogP contribution in [-0.2, 0) is 11.2 Å². The van der Waals surface area contributed by atoms with Crippen LogP contribution in [0, 0.1) is 12.3 Å². The molecule has 1 aromatic heterocycles. The maximum absolute atomic E-state index is 13.3. The molecule has 1 saturated heterocycles. The molecule has 0 radical (unpaired) electrons. The molecule has 1 atom stereocenters. The molecule has 33 heavy (non-hydrogen) atoms. The van der Waals surface area contributed by atoms with Crippen LogP contribution in [0.25, 0.3) is 11.1 Å². The molecule has 1 N–H and O–H groups in total. The molecule has 2 aromatic carbocycles. The summed E-state index contributed by atoms with van der Waals surface area (Å²) in [5.74, 6) is -0.0928. The number of amides is 2. The SMILES string of the molecule is CCNC(=O)[C@]1(Cc2ccc(-c3ccc(C)cc3)cc2)CCCN(C(=O)c2ccccn2)C1. The van der Waals surface area contributed by atoms with Crippen molar-refractivity contribution < 1.29 is 9.59 Å². The summed E-state index contributed by atoms with van der Waals surface area (Å²) in [4.78, 5) is 32.4. The molecule has 170 valence electrons. The number of carbonyl (C=O) groups is 2. The van der Waals surface area contributed by atoms with Gasteiger partial charge >= 0.3 is 0 Å². The molecule has 0 spiro atoms. The number of aryl methyl sites for hydroxylation is 1. The Kier molecular flexibility index (Phi) is 6.87. The lowest BCUT2D eigenvalue weighted by atomic mass is 9.74. The number of aromatic nitrogens is 1. The topological polar surface area (TPSA) is 62.3 Å². The molecule has 5 nitrogen and oxygen atoms in total. The van der Waals surface area contributed by atoms with Crippen molar-refractivity contribution in [2.75, 3.05) is 19.6 Å². The minimum atomic E-state index is -0.649. The van der Waals surface area contributed by atoms with E-state index in [-0.39, 0.29) is 11.8 Å². The van der Waals surface area contributed by atoms with Crippen LogP contribution >= 0.6 is 0 Å². The van der Waals surface area contributed by atoms with Crippen LogP contribution in [0.2, 0.25) is 0 Å². The summed E-state index contributed by atoms with van der Waals surface area (Å²) in [6.07, 6.45) is 3.77. The number of carbonyl (C=O) groups excluding carboxylic acids is 2. The smallest absolute Gasteiger partial charge is 0.272 e. The number of rotatable bonds is 6. The predicted molar refractivity (Wildman–Crippen MR) is 131 cm³/mol. The summed E-state index contributed by atoms with van der Waals surface area (Å²) in [7, 11) is 0. The quantitative estimate of drug-likeness (QED) is 0.605. The molecule has 2 heterocycles. The Morgan fingerprint density at radius 1 is 1.00 bits per heavy atom. The van der Waals surface area contributed by atoms with E-state index >= 15 is 0 Å². The zero-order valence-corrected chi connectivity index (χ0v) is 19.4. The van der Waals surface area contributed by atoms with E-state index in [0.29, 0.717) is 31.7 Å². The number of pyridine rings is 1. The van der Waals surface area contributed by atoms with Crippen molar-refractivity contribution >= 4 is 11.8 Å². The first-order chi connectivity index (χ1) is 16.0. The van der Waals surface area contributed by atoms with Crippen molar-refractivity contribution in [1.82, 2.24) is 15.2 Å². The molecular formula is C28H31N3O2. The van der Waals surface area contributed by atoms with Crippen LogP contribution < -0.4 is 5.32 Å². The Hall–Kier alpha value is -3.47. The van der Waals surface area contributed by atoms with Crippen LogP contribution in [0.4, 0.5) is 0 Å². The third-order valence-corrected chi connectivity index (χ3v) is 6.45. The van der Waals surface area contributed by atoms with Gasteiger partial charge in [-0.1, -0.05) is 60.2 Å². The van der Waals surface area contributed by atoms with Crippen molar-refractivity contribution in [2.45, 2.75) is 33.1 Å². The third-order valence-electron chi connectivity index (χ3n) is 6.45. The summed E-state index contributed by atoms with van der Waals surface area (Å²) in [6, 6.07) is 22.3. The molecule has 1 fully saturated rings. The largest absolute Gasteiger partial charge is 0.356 e. The van der Waals surface area contributed by atoms with Gasteiger partial charge in [-0.05, 0) is 61.9 Å². The molecular weight excluding hydrogens is 410 g/mol. The molecule has 2 amide bonds. The van der Waals surface area contributed by atoms with Crippen LogP contribution in [0.1, 0.15) is 41.4 Å². The Morgan fingerprint density at radius 2 is 1.70 bits per heavy atom. The van der Waals surface area contributed by atoms with Gasteiger partial charge in [0.15, 0.2) is 0 Å². The molecule has 5 heteroatoms. The minimum absolute atomic E-state index is 0.0196. The first-order valence-corrected chi connectivity index (χ1v) is 11.7.